The van der Waals surface area contributed by atoms with Crippen LogP contribution < -0.4 is 20.6 Å². The summed E-state index contributed by atoms with van der Waals surface area (Å²) in [4.78, 5) is 29.9. The van der Waals surface area contributed by atoms with Gasteiger partial charge in [0.15, 0.2) is 0 Å². The first-order valence-corrected chi connectivity index (χ1v) is 10.8. The predicted octanol–water partition coefficient (Wildman–Crippen LogP) is 3.33. The van der Waals surface area contributed by atoms with Gasteiger partial charge in [-0.15, -0.1) is 11.3 Å². The molecule has 1 aliphatic rings. The molecule has 0 fully saturated rings. The summed E-state index contributed by atoms with van der Waals surface area (Å²) in [6.07, 6.45) is 0.476. The van der Waals surface area contributed by atoms with E-state index in [0.717, 1.165) is 33.2 Å². The lowest BCUT2D eigenvalue weighted by Crippen LogP contribution is -2.34. The molecule has 1 atom stereocenters. The molecular formula is C23H22N4O4S. The Morgan fingerprint density at radius 1 is 1.00 bits per heavy atom. The molecule has 1 amide bonds. The van der Waals surface area contributed by atoms with Gasteiger partial charge in [0.05, 0.1) is 24.8 Å². The summed E-state index contributed by atoms with van der Waals surface area (Å²) in [6, 6.07) is 14.2. The van der Waals surface area contributed by atoms with Crippen LogP contribution in [0.15, 0.2) is 53.6 Å². The average molecular weight is 451 g/mol. The van der Waals surface area contributed by atoms with Crippen molar-refractivity contribution in [2.75, 3.05) is 14.2 Å². The van der Waals surface area contributed by atoms with Crippen molar-refractivity contribution < 1.29 is 19.1 Å². The third-order valence-electron chi connectivity index (χ3n) is 5.10. The fraction of sp³-hybridized carbons (Fsp3) is 0.217. The summed E-state index contributed by atoms with van der Waals surface area (Å²) in [5, 5.41) is 4.36. The van der Waals surface area contributed by atoms with Crippen molar-refractivity contribution in [2.45, 2.75) is 18.9 Å². The van der Waals surface area contributed by atoms with Crippen LogP contribution in [0.3, 0.4) is 0 Å². The van der Waals surface area contributed by atoms with Crippen LogP contribution in [0.2, 0.25) is 0 Å². The molecule has 9 heteroatoms. The van der Waals surface area contributed by atoms with Crippen LogP contribution in [0.5, 0.6) is 11.5 Å². The van der Waals surface area contributed by atoms with Gasteiger partial charge >= 0.3 is 0 Å². The number of nitrogens with one attached hydrogen (secondary N) is 1. The van der Waals surface area contributed by atoms with Crippen molar-refractivity contribution in [3.63, 3.8) is 0 Å². The Labute approximate surface area is 189 Å². The van der Waals surface area contributed by atoms with Crippen LogP contribution >= 0.6 is 11.3 Å². The average Bonchev–Trinajstić information content (AvgIpc) is 3.29. The van der Waals surface area contributed by atoms with Crippen LogP contribution in [0.25, 0.3) is 21.7 Å². The van der Waals surface area contributed by atoms with E-state index in [2.05, 4.69) is 10.5 Å². The second kappa shape index (κ2) is 9.29. The number of rotatable bonds is 7. The van der Waals surface area contributed by atoms with Crippen molar-refractivity contribution >= 4 is 28.7 Å². The first-order chi connectivity index (χ1) is 15.5. The van der Waals surface area contributed by atoms with E-state index in [1.54, 1.807) is 14.2 Å². The highest BCUT2D eigenvalue weighted by molar-refractivity contribution is 7.16. The topological polar surface area (TPSA) is 116 Å². The highest BCUT2D eigenvalue weighted by Crippen LogP contribution is 2.39. The summed E-state index contributed by atoms with van der Waals surface area (Å²) < 4.78 is 10.5. The zero-order chi connectivity index (χ0) is 22.7. The SMILES string of the molecule is COc1ccc(-c2nc(C(N)C(=O)C3=NNC(=O)CC3)sc2-c2ccc(OC)cc2)cc1. The fourth-order valence-corrected chi connectivity index (χ4v) is 4.39. The summed E-state index contributed by atoms with van der Waals surface area (Å²) in [5.41, 5.74) is 11.4. The van der Waals surface area contributed by atoms with Gasteiger partial charge < -0.3 is 15.2 Å². The normalized spacial score (nSPS) is 14.3. The Morgan fingerprint density at radius 3 is 2.12 bits per heavy atom. The summed E-state index contributed by atoms with van der Waals surface area (Å²) >= 11 is 1.36. The number of carbonyl (C=O) groups is 2. The quantitative estimate of drug-likeness (QED) is 0.570. The second-order valence-electron chi connectivity index (χ2n) is 7.12. The fourth-order valence-electron chi connectivity index (χ4n) is 3.30. The van der Waals surface area contributed by atoms with E-state index in [0.29, 0.717) is 5.01 Å². The van der Waals surface area contributed by atoms with E-state index >= 15 is 0 Å². The molecule has 32 heavy (non-hydrogen) atoms. The van der Waals surface area contributed by atoms with E-state index in [9.17, 15) is 9.59 Å². The van der Waals surface area contributed by atoms with Gasteiger partial charge in [-0.25, -0.2) is 10.4 Å². The van der Waals surface area contributed by atoms with Crippen LogP contribution in [-0.4, -0.2) is 36.6 Å². The Kier molecular flexibility index (Phi) is 6.29. The first kappa shape index (κ1) is 21.7. The Morgan fingerprint density at radius 2 is 1.59 bits per heavy atom. The monoisotopic (exact) mass is 450 g/mol. The predicted molar refractivity (Wildman–Crippen MR) is 123 cm³/mol. The lowest BCUT2D eigenvalue weighted by molar-refractivity contribution is -0.121. The molecule has 1 unspecified atom stereocenters. The van der Waals surface area contributed by atoms with Gasteiger partial charge in [-0.3, -0.25) is 9.59 Å². The maximum absolute atomic E-state index is 12.9. The highest BCUT2D eigenvalue weighted by Gasteiger charge is 2.28. The molecule has 164 valence electrons. The Balaban J connectivity index is 1.74. The number of ketones is 1. The van der Waals surface area contributed by atoms with Gasteiger partial charge in [-0.1, -0.05) is 0 Å². The number of nitrogens with two attached hydrogens (primary N) is 1. The smallest absolute Gasteiger partial charge is 0.240 e. The molecule has 3 N–H and O–H groups in total. The van der Waals surface area contributed by atoms with Gasteiger partial charge in [-0.05, 0) is 54.1 Å². The van der Waals surface area contributed by atoms with Crippen molar-refractivity contribution in [2.24, 2.45) is 10.8 Å². The molecule has 0 aliphatic carbocycles. The standard InChI is InChI=1S/C23H22N4O4S/c1-30-15-7-3-13(4-8-15)20-22(14-5-9-16(31-2)10-6-14)32-23(25-20)19(24)21(29)17-11-12-18(28)27-26-17/h3-10,19H,11-12,24H2,1-2H3,(H,27,28). The minimum atomic E-state index is -0.974. The molecule has 0 spiro atoms. The number of methoxy groups -OCH3 is 2. The van der Waals surface area contributed by atoms with Crippen molar-refractivity contribution in [1.29, 1.82) is 0 Å². The van der Waals surface area contributed by atoms with Crippen molar-refractivity contribution in [1.82, 2.24) is 10.4 Å². The van der Waals surface area contributed by atoms with E-state index in [1.165, 1.54) is 11.3 Å². The highest BCUT2D eigenvalue weighted by atomic mass is 32.1. The lowest BCUT2D eigenvalue weighted by atomic mass is 10.0. The van der Waals surface area contributed by atoms with Gasteiger partial charge in [0, 0.05) is 18.4 Å². The maximum Gasteiger partial charge on any atom is 0.240 e. The summed E-state index contributed by atoms with van der Waals surface area (Å²) in [6.45, 7) is 0. The van der Waals surface area contributed by atoms with Gasteiger partial charge in [0.1, 0.15) is 28.3 Å². The minimum Gasteiger partial charge on any atom is -0.497 e. The van der Waals surface area contributed by atoms with E-state index in [1.807, 2.05) is 48.5 Å². The molecule has 0 saturated carbocycles. The molecule has 1 aliphatic heterocycles. The Bertz CT molecular complexity index is 1100. The molecule has 0 radical (unpaired) electrons. The summed E-state index contributed by atoms with van der Waals surface area (Å²) in [5.74, 6) is 0.919. The van der Waals surface area contributed by atoms with Crippen LogP contribution in [0.4, 0.5) is 0 Å². The number of thiazole rings is 1. The molecule has 2 aromatic carbocycles. The molecule has 4 rings (SSSR count). The number of aromatic nitrogens is 1. The number of hydrogen-bond acceptors (Lipinski definition) is 8. The molecule has 1 aromatic heterocycles. The number of hydrazone groups is 1. The molecule has 0 bridgehead atoms. The number of ether oxygens (including phenoxy) is 2. The second-order valence-corrected chi connectivity index (χ2v) is 8.15. The number of amides is 1. The molecule has 8 nitrogen and oxygen atoms in total. The van der Waals surface area contributed by atoms with Gasteiger partial charge in [0.25, 0.3) is 0 Å². The minimum absolute atomic E-state index is 0.212. The third-order valence-corrected chi connectivity index (χ3v) is 6.28. The van der Waals surface area contributed by atoms with Crippen LogP contribution in [0.1, 0.15) is 23.9 Å². The van der Waals surface area contributed by atoms with E-state index in [4.69, 9.17) is 20.2 Å². The zero-order valence-corrected chi connectivity index (χ0v) is 18.4. The zero-order valence-electron chi connectivity index (χ0n) is 17.6. The number of Topliss-reactive ketones (excluding diaryl/α,β-unsaturated/α-hetero) is 1. The number of benzene rings is 2. The summed E-state index contributed by atoms with van der Waals surface area (Å²) in [7, 11) is 3.23. The van der Waals surface area contributed by atoms with Crippen LogP contribution in [-0.2, 0) is 9.59 Å². The largest absolute Gasteiger partial charge is 0.497 e. The van der Waals surface area contributed by atoms with Gasteiger partial charge in [0.2, 0.25) is 11.7 Å². The molecule has 0 saturated heterocycles. The van der Waals surface area contributed by atoms with E-state index in [-0.39, 0.29) is 30.2 Å². The molecule has 3 aromatic rings. The first-order valence-electron chi connectivity index (χ1n) is 9.95. The van der Waals surface area contributed by atoms with E-state index < -0.39 is 6.04 Å². The molecule has 2 heterocycles. The number of carbonyl (C=O) groups excluding carboxylic acids is 2. The number of nitrogens with zero attached hydrogens (tertiary/aromatic N) is 2. The van der Waals surface area contributed by atoms with Gasteiger partial charge in [-0.2, -0.15) is 5.10 Å². The Hall–Kier alpha value is -3.56. The van der Waals surface area contributed by atoms with Crippen molar-refractivity contribution in [3.05, 3.63) is 53.5 Å². The number of hydrogen-bond donors (Lipinski definition) is 2. The maximum atomic E-state index is 12.9. The molecular weight excluding hydrogens is 428 g/mol. The van der Waals surface area contributed by atoms with Crippen LogP contribution in [0, 0.1) is 0 Å². The van der Waals surface area contributed by atoms with Crippen molar-refractivity contribution in [3.8, 4) is 33.2 Å². The lowest BCUT2D eigenvalue weighted by Gasteiger charge is -2.13. The third kappa shape index (κ3) is 4.39.